The number of rotatable bonds is 6. The standard InChI is InChI=1S/C18H27F2N3OS/c1-3-25(24)14-7-4-6-13(12-14)23-18(21-2)22-11-10-15-16(19)8-5-9-17(15)20/h5,8-9,13-14H,3-4,6-7,10-12H2,1-2H3,(H2,21,22,23). The molecule has 1 fully saturated rings. The molecule has 3 unspecified atom stereocenters. The molecule has 1 aliphatic rings. The van der Waals surface area contributed by atoms with Crippen molar-refractivity contribution in [2.24, 2.45) is 4.99 Å². The molecule has 0 amide bonds. The van der Waals surface area contributed by atoms with Crippen LogP contribution in [0.15, 0.2) is 23.2 Å². The topological polar surface area (TPSA) is 53.5 Å². The van der Waals surface area contributed by atoms with Gasteiger partial charge in [0.25, 0.3) is 0 Å². The fraction of sp³-hybridized carbons (Fsp3) is 0.611. The van der Waals surface area contributed by atoms with Crippen LogP contribution in [0.2, 0.25) is 0 Å². The summed E-state index contributed by atoms with van der Waals surface area (Å²) in [5, 5.41) is 6.69. The highest BCUT2D eigenvalue weighted by atomic mass is 32.2. The van der Waals surface area contributed by atoms with Crippen molar-refractivity contribution < 1.29 is 13.0 Å². The Hall–Kier alpha value is -1.50. The summed E-state index contributed by atoms with van der Waals surface area (Å²) < 4.78 is 39.3. The van der Waals surface area contributed by atoms with Crippen molar-refractivity contribution in [1.82, 2.24) is 10.6 Å². The van der Waals surface area contributed by atoms with E-state index in [1.807, 2.05) is 6.92 Å². The van der Waals surface area contributed by atoms with Crippen molar-refractivity contribution in [1.29, 1.82) is 0 Å². The van der Waals surface area contributed by atoms with Crippen LogP contribution >= 0.6 is 0 Å². The highest BCUT2D eigenvalue weighted by molar-refractivity contribution is 7.85. The van der Waals surface area contributed by atoms with E-state index in [9.17, 15) is 13.0 Å². The highest BCUT2D eigenvalue weighted by Crippen LogP contribution is 2.23. The molecule has 7 heteroatoms. The number of halogens is 2. The maximum absolute atomic E-state index is 13.6. The molecule has 140 valence electrons. The van der Waals surface area contributed by atoms with E-state index < -0.39 is 22.4 Å². The van der Waals surface area contributed by atoms with E-state index in [2.05, 4.69) is 15.6 Å². The van der Waals surface area contributed by atoms with Crippen LogP contribution in [0.5, 0.6) is 0 Å². The van der Waals surface area contributed by atoms with Gasteiger partial charge in [-0.05, 0) is 37.8 Å². The average Bonchev–Trinajstić information content (AvgIpc) is 2.62. The molecule has 1 aliphatic carbocycles. The van der Waals surface area contributed by atoms with E-state index in [4.69, 9.17) is 0 Å². The monoisotopic (exact) mass is 371 g/mol. The Labute approximate surface area is 151 Å². The molecule has 1 saturated carbocycles. The van der Waals surface area contributed by atoms with Gasteiger partial charge in [-0.2, -0.15) is 0 Å². The van der Waals surface area contributed by atoms with E-state index in [1.165, 1.54) is 18.2 Å². The fourth-order valence-electron chi connectivity index (χ4n) is 3.22. The van der Waals surface area contributed by atoms with Crippen molar-refractivity contribution in [3.8, 4) is 0 Å². The lowest BCUT2D eigenvalue weighted by atomic mass is 9.95. The van der Waals surface area contributed by atoms with Gasteiger partial charge in [-0.15, -0.1) is 0 Å². The lowest BCUT2D eigenvalue weighted by Crippen LogP contribution is -2.47. The summed E-state index contributed by atoms with van der Waals surface area (Å²) in [6, 6.07) is 4.12. The number of nitrogens with one attached hydrogen (secondary N) is 2. The third-order valence-corrected chi connectivity index (χ3v) is 6.32. The van der Waals surface area contributed by atoms with Crippen molar-refractivity contribution >= 4 is 16.8 Å². The summed E-state index contributed by atoms with van der Waals surface area (Å²) in [6.07, 6.45) is 4.18. The second kappa shape index (κ2) is 9.85. The van der Waals surface area contributed by atoms with Gasteiger partial charge in [0.1, 0.15) is 11.6 Å². The van der Waals surface area contributed by atoms with Gasteiger partial charge < -0.3 is 10.6 Å². The smallest absolute Gasteiger partial charge is 0.191 e. The minimum absolute atomic E-state index is 0.0847. The van der Waals surface area contributed by atoms with Crippen LogP contribution in [-0.4, -0.2) is 40.8 Å². The molecular formula is C18H27F2N3OS. The van der Waals surface area contributed by atoms with Crippen molar-refractivity contribution in [2.75, 3.05) is 19.3 Å². The zero-order chi connectivity index (χ0) is 18.2. The zero-order valence-electron chi connectivity index (χ0n) is 14.9. The molecule has 25 heavy (non-hydrogen) atoms. The SMILES string of the molecule is CCS(=O)C1CCCC(NC(=NC)NCCc2c(F)cccc2F)C1. The lowest BCUT2D eigenvalue weighted by molar-refractivity contribution is 0.413. The molecule has 0 bridgehead atoms. The van der Waals surface area contributed by atoms with Crippen LogP contribution in [0.3, 0.4) is 0 Å². The first kappa shape index (κ1) is 19.8. The van der Waals surface area contributed by atoms with Crippen molar-refractivity contribution in [3.05, 3.63) is 35.4 Å². The molecule has 2 N–H and O–H groups in total. The molecular weight excluding hydrogens is 344 g/mol. The van der Waals surface area contributed by atoms with E-state index in [0.29, 0.717) is 18.3 Å². The molecule has 2 rings (SSSR count). The fourth-order valence-corrected chi connectivity index (χ4v) is 4.56. The second-order valence-corrected chi connectivity index (χ2v) is 8.25. The van der Waals surface area contributed by atoms with Crippen molar-refractivity contribution in [3.63, 3.8) is 0 Å². The summed E-state index contributed by atoms with van der Waals surface area (Å²) in [7, 11) is 0.900. The molecule has 1 aromatic carbocycles. The van der Waals surface area contributed by atoms with Gasteiger partial charge >= 0.3 is 0 Å². The van der Waals surface area contributed by atoms with Crippen molar-refractivity contribution in [2.45, 2.75) is 50.3 Å². The molecule has 0 heterocycles. The Morgan fingerprint density at radius 3 is 2.68 bits per heavy atom. The van der Waals surface area contributed by atoms with Gasteiger partial charge in [0.2, 0.25) is 0 Å². The molecule has 1 aromatic rings. The van der Waals surface area contributed by atoms with Gasteiger partial charge in [0.05, 0.1) is 0 Å². The Kier molecular flexibility index (Phi) is 7.81. The third-order valence-electron chi connectivity index (χ3n) is 4.58. The Morgan fingerprint density at radius 2 is 2.04 bits per heavy atom. The van der Waals surface area contributed by atoms with Crippen LogP contribution in [0.1, 0.15) is 38.2 Å². The first-order valence-electron chi connectivity index (χ1n) is 8.82. The van der Waals surface area contributed by atoms with Gasteiger partial charge in [-0.3, -0.25) is 9.20 Å². The average molecular weight is 371 g/mol. The summed E-state index contributed by atoms with van der Waals surface area (Å²) in [4.78, 5) is 4.18. The van der Waals surface area contributed by atoms with E-state index in [1.54, 1.807) is 7.05 Å². The highest BCUT2D eigenvalue weighted by Gasteiger charge is 2.26. The predicted molar refractivity (Wildman–Crippen MR) is 99.3 cm³/mol. The number of benzene rings is 1. The maximum atomic E-state index is 13.6. The largest absolute Gasteiger partial charge is 0.356 e. The van der Waals surface area contributed by atoms with Crippen LogP contribution in [0.25, 0.3) is 0 Å². The predicted octanol–water partition coefficient (Wildman–Crippen LogP) is 2.75. The first-order chi connectivity index (χ1) is 12.0. The van der Waals surface area contributed by atoms with E-state index >= 15 is 0 Å². The Morgan fingerprint density at radius 1 is 1.32 bits per heavy atom. The molecule has 0 spiro atoms. The number of aliphatic imine (C=N–C) groups is 1. The van der Waals surface area contributed by atoms with E-state index in [0.717, 1.165) is 25.7 Å². The molecule has 3 atom stereocenters. The number of guanidine groups is 1. The number of nitrogens with zero attached hydrogens (tertiary/aromatic N) is 1. The number of hydrogen-bond acceptors (Lipinski definition) is 2. The minimum Gasteiger partial charge on any atom is -0.356 e. The number of hydrogen-bond donors (Lipinski definition) is 2. The minimum atomic E-state index is -0.770. The van der Waals surface area contributed by atoms with Gasteiger partial charge in [-0.1, -0.05) is 19.4 Å². The molecule has 0 aromatic heterocycles. The lowest BCUT2D eigenvalue weighted by Gasteiger charge is -2.30. The summed E-state index contributed by atoms with van der Waals surface area (Å²) in [6.45, 7) is 2.34. The molecule has 4 nitrogen and oxygen atoms in total. The van der Waals surface area contributed by atoms with Gasteiger partial charge in [0.15, 0.2) is 5.96 Å². The third kappa shape index (κ3) is 5.76. The summed E-state index contributed by atoms with van der Waals surface area (Å²) in [5.41, 5.74) is 0.0847. The normalized spacial score (nSPS) is 22.5. The van der Waals surface area contributed by atoms with Crippen LogP contribution < -0.4 is 10.6 Å². The van der Waals surface area contributed by atoms with Crippen LogP contribution in [-0.2, 0) is 17.2 Å². The Balaban J connectivity index is 1.83. The molecule has 0 aliphatic heterocycles. The van der Waals surface area contributed by atoms with E-state index in [-0.39, 0.29) is 23.3 Å². The van der Waals surface area contributed by atoms with Gasteiger partial charge in [0, 0.05) is 47.0 Å². The molecule has 0 saturated heterocycles. The first-order valence-corrected chi connectivity index (χ1v) is 10.2. The van der Waals surface area contributed by atoms with Crippen LogP contribution in [0, 0.1) is 11.6 Å². The molecule has 0 radical (unpaired) electrons. The zero-order valence-corrected chi connectivity index (χ0v) is 15.7. The van der Waals surface area contributed by atoms with Crippen LogP contribution in [0.4, 0.5) is 8.78 Å². The van der Waals surface area contributed by atoms with Gasteiger partial charge in [-0.25, -0.2) is 8.78 Å². The quantitative estimate of drug-likeness (QED) is 0.597. The summed E-state index contributed by atoms with van der Waals surface area (Å²) in [5.74, 6) is 0.256. The maximum Gasteiger partial charge on any atom is 0.191 e. The summed E-state index contributed by atoms with van der Waals surface area (Å²) >= 11 is 0. The Bertz CT molecular complexity index is 604. The second-order valence-electron chi connectivity index (χ2n) is 6.25.